The number of nitrogens with zero attached hydrogens (tertiary/aromatic N) is 2. The zero-order chi connectivity index (χ0) is 14.8. The fourth-order valence-corrected chi connectivity index (χ4v) is 2.62. The topological polar surface area (TPSA) is 52.9 Å². The predicted octanol–water partition coefficient (Wildman–Crippen LogP) is 3.39. The molecule has 0 bridgehead atoms. The van der Waals surface area contributed by atoms with Crippen molar-refractivity contribution < 1.29 is 9.90 Å². The number of hydrogen-bond acceptors (Lipinski definition) is 3. The Morgan fingerprint density at radius 1 is 1.14 bits per heavy atom. The van der Waals surface area contributed by atoms with E-state index in [1.807, 2.05) is 66.5 Å². The van der Waals surface area contributed by atoms with Crippen LogP contribution in [0.4, 0.5) is 5.69 Å². The SMILES string of the molecule is Cc1ccccc1N1N=C(C(=O)O)C[C@H]1c1ccccc1. The summed E-state index contributed by atoms with van der Waals surface area (Å²) in [6.07, 6.45) is 0.410. The van der Waals surface area contributed by atoms with Crippen LogP contribution in [0.5, 0.6) is 0 Å². The smallest absolute Gasteiger partial charge is 0.352 e. The van der Waals surface area contributed by atoms with Gasteiger partial charge >= 0.3 is 5.97 Å². The van der Waals surface area contributed by atoms with Crippen LogP contribution in [-0.4, -0.2) is 16.8 Å². The van der Waals surface area contributed by atoms with E-state index in [0.717, 1.165) is 16.8 Å². The van der Waals surface area contributed by atoms with Gasteiger partial charge in [0.15, 0.2) is 0 Å². The number of anilines is 1. The van der Waals surface area contributed by atoms with Gasteiger partial charge in [0.2, 0.25) is 0 Å². The van der Waals surface area contributed by atoms with Gasteiger partial charge in [0, 0.05) is 6.42 Å². The molecule has 4 heteroatoms. The highest BCUT2D eigenvalue weighted by atomic mass is 16.4. The lowest BCUT2D eigenvalue weighted by atomic mass is 10.0. The first-order chi connectivity index (χ1) is 10.2. The molecule has 0 aliphatic carbocycles. The van der Waals surface area contributed by atoms with Gasteiger partial charge in [-0.2, -0.15) is 5.10 Å². The molecule has 1 aliphatic rings. The molecule has 1 atom stereocenters. The Morgan fingerprint density at radius 2 is 1.81 bits per heavy atom. The number of aryl methyl sites for hydroxylation is 1. The van der Waals surface area contributed by atoms with E-state index >= 15 is 0 Å². The van der Waals surface area contributed by atoms with E-state index in [9.17, 15) is 9.90 Å². The second kappa shape index (κ2) is 5.40. The number of carboxylic acids is 1. The van der Waals surface area contributed by atoms with Crippen LogP contribution in [0.3, 0.4) is 0 Å². The zero-order valence-electron chi connectivity index (χ0n) is 11.7. The molecular weight excluding hydrogens is 264 g/mol. The summed E-state index contributed by atoms with van der Waals surface area (Å²) in [7, 11) is 0. The normalized spacial score (nSPS) is 17.7. The molecule has 0 aromatic heterocycles. The molecule has 0 radical (unpaired) electrons. The first-order valence-electron chi connectivity index (χ1n) is 6.87. The fraction of sp³-hybridized carbons (Fsp3) is 0.176. The zero-order valence-corrected chi connectivity index (χ0v) is 11.7. The number of rotatable bonds is 3. The van der Waals surface area contributed by atoms with Crippen LogP contribution in [0.1, 0.15) is 23.6 Å². The van der Waals surface area contributed by atoms with Gasteiger partial charge in [-0.3, -0.25) is 5.01 Å². The highest BCUT2D eigenvalue weighted by Crippen LogP contribution is 2.36. The molecule has 1 N–H and O–H groups in total. The fourth-order valence-electron chi connectivity index (χ4n) is 2.62. The van der Waals surface area contributed by atoms with Crippen LogP contribution in [-0.2, 0) is 4.79 Å². The standard InChI is InChI=1S/C17H16N2O2/c1-12-7-5-6-10-15(12)19-16(11-14(18-19)17(20)21)13-8-3-2-4-9-13/h2-10,16H,11H2,1H3,(H,20,21)/t16-/m0/s1. The van der Waals surface area contributed by atoms with Crippen LogP contribution in [0.15, 0.2) is 59.7 Å². The summed E-state index contributed by atoms with van der Waals surface area (Å²) in [6, 6.07) is 17.7. The first-order valence-corrected chi connectivity index (χ1v) is 6.87. The van der Waals surface area contributed by atoms with E-state index in [2.05, 4.69) is 5.10 Å². The van der Waals surface area contributed by atoms with Crippen LogP contribution < -0.4 is 5.01 Å². The summed E-state index contributed by atoms with van der Waals surface area (Å²) in [5.74, 6) is -0.952. The van der Waals surface area contributed by atoms with E-state index in [-0.39, 0.29) is 11.8 Å². The number of aliphatic carboxylic acids is 1. The van der Waals surface area contributed by atoms with Gasteiger partial charge in [0.25, 0.3) is 0 Å². The highest BCUT2D eigenvalue weighted by molar-refractivity contribution is 6.36. The van der Waals surface area contributed by atoms with Crippen molar-refractivity contribution in [3.63, 3.8) is 0 Å². The maximum Gasteiger partial charge on any atom is 0.352 e. The van der Waals surface area contributed by atoms with Gasteiger partial charge in [0.05, 0.1) is 11.7 Å². The lowest BCUT2D eigenvalue weighted by Gasteiger charge is -2.25. The molecule has 2 aromatic carbocycles. The summed E-state index contributed by atoms with van der Waals surface area (Å²) in [4.78, 5) is 11.3. The quantitative estimate of drug-likeness (QED) is 0.937. The average Bonchev–Trinajstić information content (AvgIpc) is 2.94. The Hall–Kier alpha value is -2.62. The van der Waals surface area contributed by atoms with Crippen molar-refractivity contribution in [2.45, 2.75) is 19.4 Å². The predicted molar refractivity (Wildman–Crippen MR) is 82.5 cm³/mol. The van der Waals surface area contributed by atoms with Crippen LogP contribution in [0.25, 0.3) is 0 Å². The van der Waals surface area contributed by atoms with Gasteiger partial charge in [-0.25, -0.2) is 4.79 Å². The second-order valence-corrected chi connectivity index (χ2v) is 5.11. The van der Waals surface area contributed by atoms with Gasteiger partial charge in [0.1, 0.15) is 5.71 Å². The number of benzene rings is 2. The van der Waals surface area contributed by atoms with Crippen LogP contribution in [0.2, 0.25) is 0 Å². The Morgan fingerprint density at radius 3 is 2.48 bits per heavy atom. The maximum atomic E-state index is 11.3. The molecule has 0 saturated carbocycles. The second-order valence-electron chi connectivity index (χ2n) is 5.11. The largest absolute Gasteiger partial charge is 0.477 e. The van der Waals surface area contributed by atoms with Gasteiger partial charge < -0.3 is 5.11 Å². The minimum atomic E-state index is -0.952. The summed E-state index contributed by atoms with van der Waals surface area (Å²) in [6.45, 7) is 2.01. The van der Waals surface area contributed by atoms with E-state index in [4.69, 9.17) is 0 Å². The number of para-hydroxylation sites is 1. The molecule has 21 heavy (non-hydrogen) atoms. The molecule has 4 nitrogen and oxygen atoms in total. The van der Waals surface area contributed by atoms with Crippen LogP contribution >= 0.6 is 0 Å². The van der Waals surface area contributed by atoms with E-state index < -0.39 is 5.97 Å². The highest BCUT2D eigenvalue weighted by Gasteiger charge is 2.32. The van der Waals surface area contributed by atoms with Crippen molar-refractivity contribution in [2.75, 3.05) is 5.01 Å². The van der Waals surface area contributed by atoms with Crippen molar-refractivity contribution in [2.24, 2.45) is 5.10 Å². The first kappa shape index (κ1) is 13.4. The third kappa shape index (κ3) is 2.52. The van der Waals surface area contributed by atoms with E-state index in [1.165, 1.54) is 0 Å². The van der Waals surface area contributed by atoms with Crippen molar-refractivity contribution in [3.8, 4) is 0 Å². The molecule has 1 heterocycles. The Balaban J connectivity index is 2.05. The van der Waals surface area contributed by atoms with Gasteiger partial charge in [-0.1, -0.05) is 48.5 Å². The van der Waals surface area contributed by atoms with Crippen LogP contribution in [0, 0.1) is 6.92 Å². The monoisotopic (exact) mass is 280 g/mol. The third-order valence-corrected chi connectivity index (χ3v) is 3.70. The molecule has 106 valence electrons. The Labute approximate surface area is 123 Å². The third-order valence-electron chi connectivity index (χ3n) is 3.70. The van der Waals surface area contributed by atoms with E-state index in [0.29, 0.717) is 6.42 Å². The minimum Gasteiger partial charge on any atom is -0.477 e. The average molecular weight is 280 g/mol. The minimum absolute atomic E-state index is 0.0709. The molecule has 1 aliphatic heterocycles. The number of carboxylic acid groups (broad SMARTS) is 1. The molecule has 0 saturated heterocycles. The lowest BCUT2D eigenvalue weighted by molar-refractivity contribution is -0.129. The lowest BCUT2D eigenvalue weighted by Crippen LogP contribution is -2.19. The maximum absolute atomic E-state index is 11.3. The van der Waals surface area contributed by atoms with Crippen molar-refractivity contribution in [1.29, 1.82) is 0 Å². The molecular formula is C17H16N2O2. The Bertz CT molecular complexity index is 695. The number of hydrazone groups is 1. The number of hydrogen-bond donors (Lipinski definition) is 1. The van der Waals surface area contributed by atoms with Crippen molar-refractivity contribution in [1.82, 2.24) is 0 Å². The molecule has 2 aromatic rings. The molecule has 0 fully saturated rings. The molecule has 0 spiro atoms. The summed E-state index contributed by atoms with van der Waals surface area (Å²) in [5, 5.41) is 15.4. The van der Waals surface area contributed by atoms with Crippen molar-refractivity contribution in [3.05, 3.63) is 65.7 Å². The van der Waals surface area contributed by atoms with Gasteiger partial charge in [-0.05, 0) is 24.1 Å². The molecule has 0 amide bonds. The summed E-state index contributed by atoms with van der Waals surface area (Å²) in [5.41, 5.74) is 3.30. The van der Waals surface area contributed by atoms with Gasteiger partial charge in [-0.15, -0.1) is 0 Å². The Kier molecular flexibility index (Phi) is 3.44. The number of carbonyl (C=O) groups is 1. The van der Waals surface area contributed by atoms with E-state index in [1.54, 1.807) is 0 Å². The summed E-state index contributed by atoms with van der Waals surface area (Å²) < 4.78 is 0. The molecule has 0 unspecified atom stereocenters. The molecule has 3 rings (SSSR count). The van der Waals surface area contributed by atoms with Crippen molar-refractivity contribution >= 4 is 17.4 Å². The summed E-state index contributed by atoms with van der Waals surface area (Å²) >= 11 is 0.